The maximum atomic E-state index is 14.4. The van der Waals surface area contributed by atoms with Crippen molar-refractivity contribution in [1.29, 1.82) is 0 Å². The summed E-state index contributed by atoms with van der Waals surface area (Å²) in [5, 5.41) is 13.1. The summed E-state index contributed by atoms with van der Waals surface area (Å²) >= 11 is 0. The van der Waals surface area contributed by atoms with Gasteiger partial charge in [0.25, 0.3) is 5.88 Å². The highest BCUT2D eigenvalue weighted by molar-refractivity contribution is 5.91. The molecular weight excluding hydrogens is 445 g/mol. The molecule has 0 spiro atoms. The topological polar surface area (TPSA) is 80.1 Å². The molecule has 1 saturated heterocycles. The van der Waals surface area contributed by atoms with Crippen LogP contribution in [-0.4, -0.2) is 58.6 Å². The van der Waals surface area contributed by atoms with Gasteiger partial charge in [0, 0.05) is 44.1 Å². The van der Waals surface area contributed by atoms with Gasteiger partial charge in [-0.05, 0) is 71.0 Å². The molecule has 1 aliphatic carbocycles. The van der Waals surface area contributed by atoms with Gasteiger partial charge in [-0.15, -0.1) is 0 Å². The highest BCUT2D eigenvalue weighted by Crippen LogP contribution is 2.37. The van der Waals surface area contributed by atoms with Crippen LogP contribution in [0.5, 0.6) is 5.88 Å². The number of halogens is 1. The molecule has 1 atom stereocenters. The third-order valence-electron chi connectivity index (χ3n) is 7.38. The summed E-state index contributed by atoms with van der Waals surface area (Å²) in [4.78, 5) is 11.2. The zero-order valence-electron chi connectivity index (χ0n) is 20.9. The van der Waals surface area contributed by atoms with Gasteiger partial charge in [-0.25, -0.2) is 14.4 Å². The largest absolute Gasteiger partial charge is 0.472 e. The van der Waals surface area contributed by atoms with Crippen LogP contribution < -0.4 is 20.3 Å². The van der Waals surface area contributed by atoms with E-state index in [4.69, 9.17) is 9.84 Å². The van der Waals surface area contributed by atoms with Crippen LogP contribution >= 0.6 is 0 Å². The van der Waals surface area contributed by atoms with Crippen molar-refractivity contribution in [1.82, 2.24) is 25.1 Å². The van der Waals surface area contributed by atoms with E-state index < -0.39 is 0 Å². The van der Waals surface area contributed by atoms with Crippen molar-refractivity contribution in [3.63, 3.8) is 0 Å². The molecule has 0 bridgehead atoms. The normalized spacial score (nSPS) is 23.0. The van der Waals surface area contributed by atoms with Crippen LogP contribution in [0, 0.1) is 12.7 Å². The second kappa shape index (κ2) is 10.4. The number of hydrogen-bond donors (Lipinski definition) is 2. The zero-order chi connectivity index (χ0) is 24.4. The summed E-state index contributed by atoms with van der Waals surface area (Å²) in [6.07, 6.45) is 9.40. The molecule has 188 valence electrons. The number of nitrogens with zero attached hydrogens (tertiary/aromatic N) is 5. The molecule has 1 aliphatic heterocycles. The Morgan fingerprint density at radius 1 is 1.17 bits per heavy atom. The van der Waals surface area contributed by atoms with Crippen molar-refractivity contribution >= 4 is 22.5 Å². The Morgan fingerprint density at radius 3 is 2.77 bits per heavy atom. The van der Waals surface area contributed by atoms with E-state index in [0.717, 1.165) is 74.3 Å². The number of anilines is 2. The Hall–Kier alpha value is -2.94. The van der Waals surface area contributed by atoms with E-state index in [2.05, 4.69) is 43.2 Å². The van der Waals surface area contributed by atoms with Gasteiger partial charge in [-0.3, -0.25) is 4.68 Å². The Morgan fingerprint density at radius 2 is 2.00 bits per heavy atom. The summed E-state index contributed by atoms with van der Waals surface area (Å²) in [7, 11) is 2.04. The maximum absolute atomic E-state index is 14.4. The fraction of sp³-hybridized carbons (Fsp3) is 0.577. The van der Waals surface area contributed by atoms with E-state index in [1.807, 2.05) is 13.2 Å². The molecule has 9 heteroatoms. The first-order valence-electron chi connectivity index (χ1n) is 12.9. The minimum atomic E-state index is -0.359. The van der Waals surface area contributed by atoms with Crippen LogP contribution in [0.15, 0.2) is 24.5 Å². The quantitative estimate of drug-likeness (QED) is 0.516. The van der Waals surface area contributed by atoms with Gasteiger partial charge >= 0.3 is 0 Å². The number of nitrogens with one attached hydrogen (secondary N) is 2. The molecule has 4 heterocycles. The first-order chi connectivity index (χ1) is 17.1. The smallest absolute Gasteiger partial charge is 0.250 e. The predicted octanol–water partition coefficient (Wildman–Crippen LogP) is 4.46. The maximum Gasteiger partial charge on any atom is 0.250 e. The average Bonchev–Trinajstić information content (AvgIpc) is 3.26. The average molecular weight is 482 g/mol. The highest BCUT2D eigenvalue weighted by Gasteiger charge is 2.29. The van der Waals surface area contributed by atoms with Gasteiger partial charge in [-0.1, -0.05) is 0 Å². The first-order valence-corrected chi connectivity index (χ1v) is 12.9. The van der Waals surface area contributed by atoms with Crippen LogP contribution in [0.25, 0.3) is 10.9 Å². The lowest BCUT2D eigenvalue weighted by molar-refractivity contribution is 0.120. The minimum absolute atomic E-state index is 0.0335. The van der Waals surface area contributed by atoms with E-state index in [0.29, 0.717) is 11.6 Å². The van der Waals surface area contributed by atoms with E-state index >= 15 is 0 Å². The van der Waals surface area contributed by atoms with E-state index in [9.17, 15) is 4.39 Å². The number of ether oxygens (including phenoxy) is 1. The molecule has 0 radical (unpaired) electrons. The molecule has 2 fully saturated rings. The second-order valence-electron chi connectivity index (χ2n) is 9.75. The fourth-order valence-corrected chi connectivity index (χ4v) is 5.37. The van der Waals surface area contributed by atoms with Crippen LogP contribution in [-0.2, 0) is 0 Å². The van der Waals surface area contributed by atoms with E-state index in [-0.39, 0.29) is 23.8 Å². The van der Waals surface area contributed by atoms with Crippen LogP contribution in [0.2, 0.25) is 0 Å². The molecule has 2 N–H and O–H groups in total. The van der Waals surface area contributed by atoms with Gasteiger partial charge in [0.2, 0.25) is 0 Å². The van der Waals surface area contributed by atoms with Gasteiger partial charge < -0.3 is 20.3 Å². The monoisotopic (exact) mass is 481 g/mol. The van der Waals surface area contributed by atoms with Crippen molar-refractivity contribution in [3.05, 3.63) is 35.9 Å². The molecule has 35 heavy (non-hydrogen) atoms. The molecule has 8 nitrogen and oxygen atoms in total. The highest BCUT2D eigenvalue weighted by atomic mass is 19.1. The molecule has 2 aliphatic rings. The SMILES string of the molecule is CCNc1cc2c(cn1)c(N1CCC[C@H](NC)C1)nn2C1CCC(Oc2nccc(C)c2F)CC1. The number of piperidine rings is 1. The first kappa shape index (κ1) is 23.8. The molecule has 0 amide bonds. The summed E-state index contributed by atoms with van der Waals surface area (Å²) in [5.74, 6) is 1.66. The molecule has 0 aromatic carbocycles. The van der Waals surface area contributed by atoms with E-state index in [1.54, 1.807) is 19.2 Å². The number of aryl methyl sites for hydroxylation is 1. The summed E-state index contributed by atoms with van der Waals surface area (Å²) in [6.45, 7) is 6.59. The molecule has 5 rings (SSSR count). The lowest BCUT2D eigenvalue weighted by atomic mass is 9.93. The van der Waals surface area contributed by atoms with E-state index in [1.165, 1.54) is 6.42 Å². The number of hydrogen-bond acceptors (Lipinski definition) is 7. The molecule has 0 unspecified atom stereocenters. The fourth-order valence-electron chi connectivity index (χ4n) is 5.37. The Kier molecular flexibility index (Phi) is 7.04. The third kappa shape index (κ3) is 4.91. The zero-order valence-corrected chi connectivity index (χ0v) is 20.9. The molecular formula is C26H36FN7O. The third-order valence-corrected chi connectivity index (χ3v) is 7.38. The van der Waals surface area contributed by atoms with Gasteiger partial charge in [0.05, 0.1) is 16.9 Å². The Balaban J connectivity index is 1.38. The van der Waals surface area contributed by atoms with Crippen LogP contribution in [0.4, 0.5) is 16.0 Å². The number of pyridine rings is 2. The number of likely N-dealkylation sites (N-methyl/N-ethyl adjacent to an activating group) is 1. The van der Waals surface area contributed by atoms with Crippen LogP contribution in [0.3, 0.4) is 0 Å². The lowest BCUT2D eigenvalue weighted by Gasteiger charge is -2.33. The molecule has 3 aromatic heterocycles. The van der Waals surface area contributed by atoms with Crippen molar-refractivity contribution in [2.24, 2.45) is 0 Å². The minimum Gasteiger partial charge on any atom is -0.472 e. The summed E-state index contributed by atoms with van der Waals surface area (Å²) < 4.78 is 22.6. The van der Waals surface area contributed by atoms with Gasteiger partial charge in [0.15, 0.2) is 11.6 Å². The second-order valence-corrected chi connectivity index (χ2v) is 9.75. The van der Waals surface area contributed by atoms with Gasteiger partial charge in [-0.2, -0.15) is 5.10 Å². The lowest BCUT2D eigenvalue weighted by Crippen LogP contribution is -2.44. The Bertz CT molecular complexity index is 1160. The van der Waals surface area contributed by atoms with Crippen molar-refractivity contribution in [2.75, 3.05) is 36.9 Å². The molecule has 1 saturated carbocycles. The van der Waals surface area contributed by atoms with Crippen LogP contribution in [0.1, 0.15) is 57.1 Å². The molecule has 3 aromatic rings. The predicted molar refractivity (Wildman–Crippen MR) is 137 cm³/mol. The number of rotatable bonds is 7. The summed E-state index contributed by atoms with van der Waals surface area (Å²) in [6, 6.07) is 4.53. The standard InChI is InChI=1S/C26H36FN7O/c1-4-29-23-14-22-21(15-31-23)25(33-13-5-6-18(16-33)28-3)32-34(22)19-7-9-20(10-8-19)35-26-24(27)17(2)11-12-30-26/h11-12,14-15,18-20,28H,4-10,13,16H2,1-3H3,(H,29,31)/t18-,19?,20?/m0/s1. The number of fused-ring (bicyclic) bond motifs is 1. The van der Waals surface area contributed by atoms with Gasteiger partial charge in [0.1, 0.15) is 11.9 Å². The Labute approximate surface area is 206 Å². The van der Waals surface area contributed by atoms with Crippen molar-refractivity contribution in [2.45, 2.75) is 70.6 Å². The van der Waals surface area contributed by atoms with Crippen molar-refractivity contribution < 1.29 is 9.13 Å². The number of aromatic nitrogens is 4. The van der Waals surface area contributed by atoms with Crippen molar-refractivity contribution in [3.8, 4) is 5.88 Å². The summed E-state index contributed by atoms with van der Waals surface area (Å²) in [5.41, 5.74) is 1.68.